The second-order valence-corrected chi connectivity index (χ2v) is 8.63. The third-order valence-corrected chi connectivity index (χ3v) is 6.07. The summed E-state index contributed by atoms with van der Waals surface area (Å²) in [6, 6.07) is 14.2. The molecule has 9 nitrogen and oxygen atoms in total. The van der Waals surface area contributed by atoms with Gasteiger partial charge in [0.25, 0.3) is 5.56 Å². The van der Waals surface area contributed by atoms with Crippen molar-refractivity contribution < 1.29 is 14.3 Å². The van der Waals surface area contributed by atoms with Gasteiger partial charge in [-0.1, -0.05) is 23.9 Å². The van der Waals surface area contributed by atoms with Crippen LogP contribution in [0.4, 0.5) is 5.82 Å². The third-order valence-electron chi connectivity index (χ3n) is 5.13. The van der Waals surface area contributed by atoms with Gasteiger partial charge in [-0.15, -0.1) is 0 Å². The molecule has 0 aliphatic carbocycles. The van der Waals surface area contributed by atoms with Gasteiger partial charge >= 0.3 is 0 Å². The summed E-state index contributed by atoms with van der Waals surface area (Å²) in [5, 5.41) is 7.98. The lowest BCUT2D eigenvalue weighted by molar-refractivity contribution is -0.113. The molecule has 1 amide bonds. The first-order chi connectivity index (χ1) is 16.4. The van der Waals surface area contributed by atoms with Crippen LogP contribution in [0.1, 0.15) is 19.9 Å². The quantitative estimate of drug-likeness (QED) is 0.302. The number of carbonyl (C=O) groups excluding carboxylic acids is 1. The number of aromatic nitrogens is 4. The largest absolute Gasteiger partial charge is 0.493 e. The van der Waals surface area contributed by atoms with Crippen molar-refractivity contribution in [2.45, 2.75) is 25.0 Å². The van der Waals surface area contributed by atoms with E-state index in [1.54, 1.807) is 60.5 Å². The standard InChI is InChI=1S/C24H25N5O4S/c1-15(2)29-21(11-12-25-29)27-22(30)14-34-24-26-18-8-6-5-7-17(18)23(31)28(24)16-9-10-19(32-3)20(13-16)33-4/h5-13,15H,14H2,1-4H3,(H,27,30). The fraction of sp³-hybridized carbons (Fsp3) is 0.250. The summed E-state index contributed by atoms with van der Waals surface area (Å²) in [6.07, 6.45) is 1.64. The molecule has 0 saturated carbocycles. The summed E-state index contributed by atoms with van der Waals surface area (Å²) in [5.74, 6) is 1.47. The monoisotopic (exact) mass is 479 g/mol. The van der Waals surface area contributed by atoms with Crippen molar-refractivity contribution in [1.29, 1.82) is 0 Å². The SMILES string of the molecule is COc1ccc(-n2c(SCC(=O)Nc3ccnn3C(C)C)nc3ccccc3c2=O)cc1OC. The highest BCUT2D eigenvalue weighted by Crippen LogP contribution is 2.30. The highest BCUT2D eigenvalue weighted by atomic mass is 32.2. The van der Waals surface area contributed by atoms with Gasteiger partial charge in [0.05, 0.1) is 42.8 Å². The van der Waals surface area contributed by atoms with Crippen LogP contribution in [0.2, 0.25) is 0 Å². The Bertz CT molecular complexity index is 1400. The Morgan fingerprint density at radius 1 is 1.09 bits per heavy atom. The lowest BCUT2D eigenvalue weighted by Gasteiger charge is -2.15. The van der Waals surface area contributed by atoms with E-state index in [0.717, 1.165) is 0 Å². The topological polar surface area (TPSA) is 100 Å². The molecule has 0 aliphatic heterocycles. The lowest BCUT2D eigenvalue weighted by Crippen LogP contribution is -2.23. The molecule has 0 spiro atoms. The van der Waals surface area contributed by atoms with Crippen LogP contribution in [-0.2, 0) is 4.79 Å². The van der Waals surface area contributed by atoms with E-state index in [0.29, 0.717) is 39.1 Å². The molecule has 2 aromatic carbocycles. The highest BCUT2D eigenvalue weighted by Gasteiger charge is 2.17. The van der Waals surface area contributed by atoms with E-state index in [4.69, 9.17) is 9.47 Å². The Morgan fingerprint density at radius 3 is 2.59 bits per heavy atom. The predicted octanol–water partition coefficient (Wildman–Crippen LogP) is 3.91. The molecule has 0 fully saturated rings. The van der Waals surface area contributed by atoms with Crippen LogP contribution in [0.3, 0.4) is 0 Å². The lowest BCUT2D eigenvalue weighted by atomic mass is 10.2. The number of ether oxygens (including phenoxy) is 2. The molecule has 0 aliphatic rings. The van der Waals surface area contributed by atoms with E-state index in [1.165, 1.54) is 23.4 Å². The van der Waals surface area contributed by atoms with Crippen LogP contribution in [-0.4, -0.2) is 45.2 Å². The smallest absolute Gasteiger partial charge is 0.266 e. The van der Waals surface area contributed by atoms with Crippen molar-refractivity contribution in [2.75, 3.05) is 25.3 Å². The number of hydrogen-bond donors (Lipinski definition) is 1. The van der Waals surface area contributed by atoms with E-state index >= 15 is 0 Å². The number of fused-ring (bicyclic) bond motifs is 1. The van der Waals surface area contributed by atoms with E-state index in [1.807, 2.05) is 19.9 Å². The van der Waals surface area contributed by atoms with Crippen LogP contribution < -0.4 is 20.3 Å². The Morgan fingerprint density at radius 2 is 1.85 bits per heavy atom. The molecule has 1 N–H and O–H groups in total. The van der Waals surface area contributed by atoms with E-state index in [-0.39, 0.29) is 23.3 Å². The van der Waals surface area contributed by atoms with Gasteiger partial charge in [-0.2, -0.15) is 5.10 Å². The van der Waals surface area contributed by atoms with Crippen LogP contribution in [0.25, 0.3) is 16.6 Å². The Hall–Kier alpha value is -3.79. The number of methoxy groups -OCH3 is 2. The van der Waals surface area contributed by atoms with Crippen molar-refractivity contribution in [1.82, 2.24) is 19.3 Å². The number of thioether (sulfide) groups is 1. The maximum absolute atomic E-state index is 13.4. The second-order valence-electron chi connectivity index (χ2n) is 7.68. The average molecular weight is 480 g/mol. The number of nitrogens with one attached hydrogen (secondary N) is 1. The molecule has 0 bridgehead atoms. The first-order valence-corrected chi connectivity index (χ1v) is 11.6. The van der Waals surface area contributed by atoms with Gasteiger partial charge in [0, 0.05) is 18.2 Å². The molecule has 4 rings (SSSR count). The minimum atomic E-state index is -0.237. The number of benzene rings is 2. The van der Waals surface area contributed by atoms with E-state index < -0.39 is 0 Å². The summed E-state index contributed by atoms with van der Waals surface area (Å²) < 4.78 is 14.0. The van der Waals surface area contributed by atoms with Gasteiger partial charge in [0.2, 0.25) is 5.91 Å². The third kappa shape index (κ3) is 4.62. The number of rotatable bonds is 8. The van der Waals surface area contributed by atoms with Crippen molar-refractivity contribution in [2.24, 2.45) is 0 Å². The summed E-state index contributed by atoms with van der Waals surface area (Å²) >= 11 is 1.18. The molecule has 4 aromatic rings. The number of para-hydroxylation sites is 1. The van der Waals surface area contributed by atoms with Crippen molar-refractivity contribution >= 4 is 34.4 Å². The number of nitrogens with zero attached hydrogens (tertiary/aromatic N) is 4. The maximum Gasteiger partial charge on any atom is 0.266 e. The van der Waals surface area contributed by atoms with Crippen LogP contribution in [0.5, 0.6) is 11.5 Å². The van der Waals surface area contributed by atoms with Crippen LogP contribution in [0, 0.1) is 0 Å². The molecule has 0 radical (unpaired) electrons. The van der Waals surface area contributed by atoms with Crippen molar-refractivity contribution in [3.05, 3.63) is 65.1 Å². The maximum atomic E-state index is 13.4. The fourth-order valence-electron chi connectivity index (χ4n) is 3.53. The van der Waals surface area contributed by atoms with E-state index in [2.05, 4.69) is 15.4 Å². The van der Waals surface area contributed by atoms with Gasteiger partial charge in [-0.05, 0) is 38.1 Å². The number of anilines is 1. The highest BCUT2D eigenvalue weighted by molar-refractivity contribution is 7.99. The number of carbonyl (C=O) groups is 1. The van der Waals surface area contributed by atoms with Gasteiger partial charge in [-0.25, -0.2) is 9.67 Å². The molecular weight excluding hydrogens is 454 g/mol. The van der Waals surface area contributed by atoms with Gasteiger partial charge in [0.15, 0.2) is 16.7 Å². The Kier molecular flexibility index (Phi) is 6.87. The summed E-state index contributed by atoms with van der Waals surface area (Å²) in [7, 11) is 3.08. The first-order valence-electron chi connectivity index (χ1n) is 10.6. The molecule has 2 heterocycles. The second kappa shape index (κ2) is 10.0. The Balaban J connectivity index is 1.70. The zero-order chi connectivity index (χ0) is 24.2. The number of hydrogen-bond acceptors (Lipinski definition) is 7. The van der Waals surface area contributed by atoms with E-state index in [9.17, 15) is 9.59 Å². The molecule has 176 valence electrons. The zero-order valence-electron chi connectivity index (χ0n) is 19.3. The number of amides is 1. The van der Waals surface area contributed by atoms with Crippen LogP contribution >= 0.6 is 11.8 Å². The molecular formula is C24H25N5O4S. The zero-order valence-corrected chi connectivity index (χ0v) is 20.1. The molecule has 2 aromatic heterocycles. The van der Waals surface area contributed by atoms with Gasteiger partial charge in [0.1, 0.15) is 5.82 Å². The Labute approximate surface area is 200 Å². The molecule has 0 atom stereocenters. The predicted molar refractivity (Wildman–Crippen MR) is 132 cm³/mol. The van der Waals surface area contributed by atoms with Crippen LogP contribution in [0.15, 0.2) is 64.7 Å². The normalized spacial score (nSPS) is 11.1. The summed E-state index contributed by atoms with van der Waals surface area (Å²) in [6.45, 7) is 3.97. The summed E-state index contributed by atoms with van der Waals surface area (Å²) in [5.41, 5.74) is 0.880. The fourth-order valence-corrected chi connectivity index (χ4v) is 4.35. The molecule has 34 heavy (non-hydrogen) atoms. The summed E-state index contributed by atoms with van der Waals surface area (Å²) in [4.78, 5) is 30.8. The molecule has 0 unspecified atom stereocenters. The van der Waals surface area contributed by atoms with Crippen molar-refractivity contribution in [3.8, 4) is 17.2 Å². The van der Waals surface area contributed by atoms with Crippen molar-refractivity contribution in [3.63, 3.8) is 0 Å². The minimum absolute atomic E-state index is 0.0569. The first kappa shape index (κ1) is 23.4. The van der Waals surface area contributed by atoms with Gasteiger partial charge in [-0.3, -0.25) is 14.2 Å². The molecule has 10 heteroatoms. The minimum Gasteiger partial charge on any atom is -0.493 e. The molecule has 0 saturated heterocycles. The van der Waals surface area contributed by atoms with Gasteiger partial charge < -0.3 is 14.8 Å². The average Bonchev–Trinajstić information content (AvgIpc) is 3.31.